The molecule has 1 amide bonds. The minimum Gasteiger partial charge on any atom is -0.383 e. The first-order chi connectivity index (χ1) is 18.3. The summed E-state index contributed by atoms with van der Waals surface area (Å²) in [5, 5.41) is 0. The lowest BCUT2D eigenvalue weighted by Gasteiger charge is -2.24. The molecule has 192 valence electrons. The first kappa shape index (κ1) is 26.0. The molecule has 0 saturated carbocycles. The third-order valence-corrected chi connectivity index (χ3v) is 6.00. The Kier molecular flexibility index (Phi) is 7.77. The summed E-state index contributed by atoms with van der Waals surface area (Å²) in [6.45, 7) is 2.10. The van der Waals surface area contributed by atoms with Gasteiger partial charge in [0.2, 0.25) is 11.6 Å². The number of hydrogen-bond donors (Lipinski definition) is 2. The summed E-state index contributed by atoms with van der Waals surface area (Å²) in [7, 11) is 0. The summed E-state index contributed by atoms with van der Waals surface area (Å²) >= 11 is 0. The number of carbonyl (C=O) groups is 3. The summed E-state index contributed by atoms with van der Waals surface area (Å²) in [4.78, 5) is 67.6. The van der Waals surface area contributed by atoms with Gasteiger partial charge in [-0.15, -0.1) is 0 Å². The number of nitrogens with zero attached hydrogens (tertiary/aromatic N) is 2. The zero-order valence-corrected chi connectivity index (χ0v) is 20.7. The maximum absolute atomic E-state index is 13.5. The van der Waals surface area contributed by atoms with E-state index >= 15 is 0 Å². The van der Waals surface area contributed by atoms with Crippen molar-refractivity contribution in [1.29, 1.82) is 0 Å². The van der Waals surface area contributed by atoms with Crippen LogP contribution in [0.4, 0.5) is 11.5 Å². The highest BCUT2D eigenvalue weighted by Gasteiger charge is 2.25. The number of carbonyl (C=O) groups excluding carboxylic acids is 3. The number of benzene rings is 3. The molecule has 4 rings (SSSR count). The Balaban J connectivity index is 1.65. The molecule has 0 spiro atoms. The average Bonchev–Trinajstić information content (AvgIpc) is 2.94. The van der Waals surface area contributed by atoms with Crippen LogP contribution in [0.1, 0.15) is 50.0 Å². The van der Waals surface area contributed by atoms with E-state index in [0.29, 0.717) is 6.42 Å². The van der Waals surface area contributed by atoms with Gasteiger partial charge >= 0.3 is 5.69 Å². The topological polar surface area (TPSA) is 135 Å². The first-order valence-corrected chi connectivity index (χ1v) is 12.0. The smallest absolute Gasteiger partial charge is 0.330 e. The lowest BCUT2D eigenvalue weighted by atomic mass is 10.0. The molecule has 9 nitrogen and oxygen atoms in total. The van der Waals surface area contributed by atoms with Crippen molar-refractivity contribution in [2.75, 3.05) is 17.2 Å². The molecule has 0 bridgehead atoms. The van der Waals surface area contributed by atoms with Gasteiger partial charge in [0.1, 0.15) is 5.82 Å². The summed E-state index contributed by atoms with van der Waals surface area (Å²) in [6.07, 6.45) is 0.505. The van der Waals surface area contributed by atoms with Crippen LogP contribution < -0.4 is 21.9 Å². The Morgan fingerprint density at radius 1 is 0.789 bits per heavy atom. The molecule has 38 heavy (non-hydrogen) atoms. The highest BCUT2D eigenvalue weighted by Crippen LogP contribution is 2.21. The van der Waals surface area contributed by atoms with Gasteiger partial charge in [-0.2, -0.15) is 0 Å². The van der Waals surface area contributed by atoms with Gasteiger partial charge in [0.15, 0.2) is 5.69 Å². The van der Waals surface area contributed by atoms with Gasteiger partial charge in [0, 0.05) is 23.2 Å². The highest BCUT2D eigenvalue weighted by molar-refractivity contribution is 6.49. The first-order valence-electron chi connectivity index (χ1n) is 12.0. The number of ketones is 2. The van der Waals surface area contributed by atoms with Crippen LogP contribution in [0.15, 0.2) is 94.5 Å². The average molecular weight is 511 g/mol. The van der Waals surface area contributed by atoms with Gasteiger partial charge in [-0.3, -0.25) is 28.7 Å². The lowest BCUT2D eigenvalue weighted by molar-refractivity contribution is 0.0817. The van der Waals surface area contributed by atoms with E-state index in [9.17, 15) is 24.0 Å². The van der Waals surface area contributed by atoms with Crippen molar-refractivity contribution >= 4 is 29.0 Å². The molecule has 0 atom stereocenters. The summed E-state index contributed by atoms with van der Waals surface area (Å²) in [5.41, 5.74) is 6.08. The molecule has 0 aliphatic heterocycles. The maximum atomic E-state index is 13.5. The number of nitrogens with one attached hydrogen (secondary N) is 1. The number of aromatic nitrogens is 2. The SMILES string of the molecule is CCCN(C(=O)c1ccc(C(=O)C(=O)c2ccccc2)cc1)c1c(N)n(Cc2ccccc2)c(=O)[nH]c1=O. The van der Waals surface area contributed by atoms with Crippen molar-refractivity contribution < 1.29 is 14.4 Å². The lowest BCUT2D eigenvalue weighted by Crippen LogP contribution is -2.41. The van der Waals surface area contributed by atoms with E-state index < -0.39 is 28.7 Å². The molecule has 0 aliphatic carbocycles. The fourth-order valence-electron chi connectivity index (χ4n) is 4.07. The van der Waals surface area contributed by atoms with E-state index in [2.05, 4.69) is 4.98 Å². The van der Waals surface area contributed by atoms with E-state index in [0.717, 1.165) is 5.56 Å². The zero-order chi connectivity index (χ0) is 27.2. The number of aromatic amines is 1. The van der Waals surface area contributed by atoms with Crippen LogP contribution in [0.3, 0.4) is 0 Å². The van der Waals surface area contributed by atoms with Crippen molar-refractivity contribution in [3.8, 4) is 0 Å². The van der Waals surface area contributed by atoms with Crippen molar-refractivity contribution in [3.63, 3.8) is 0 Å². The molecular weight excluding hydrogens is 484 g/mol. The molecule has 0 unspecified atom stereocenters. The predicted molar refractivity (Wildman–Crippen MR) is 145 cm³/mol. The molecule has 3 aromatic carbocycles. The van der Waals surface area contributed by atoms with Crippen LogP contribution in [-0.2, 0) is 6.54 Å². The molecule has 0 aliphatic rings. The van der Waals surface area contributed by atoms with Gasteiger partial charge in [0.25, 0.3) is 11.5 Å². The van der Waals surface area contributed by atoms with Gasteiger partial charge in [-0.25, -0.2) is 4.79 Å². The Labute approximate surface area is 218 Å². The van der Waals surface area contributed by atoms with Gasteiger partial charge < -0.3 is 10.6 Å². The van der Waals surface area contributed by atoms with E-state index in [-0.39, 0.29) is 41.3 Å². The number of nitrogen functional groups attached to an aromatic ring is 1. The second-order valence-corrected chi connectivity index (χ2v) is 8.62. The van der Waals surface area contributed by atoms with E-state index in [1.165, 1.54) is 33.7 Å². The summed E-state index contributed by atoms with van der Waals surface area (Å²) in [6, 6.07) is 22.9. The van der Waals surface area contributed by atoms with Crippen molar-refractivity contribution in [3.05, 3.63) is 128 Å². The Morgan fingerprint density at radius 2 is 1.32 bits per heavy atom. The predicted octanol–water partition coefficient (Wildman–Crippen LogP) is 3.29. The Bertz CT molecular complexity index is 1590. The molecule has 0 fully saturated rings. The van der Waals surface area contributed by atoms with Crippen LogP contribution in [0.25, 0.3) is 0 Å². The van der Waals surface area contributed by atoms with Crippen molar-refractivity contribution in [2.45, 2.75) is 19.9 Å². The van der Waals surface area contributed by atoms with Crippen LogP contribution in [-0.4, -0.2) is 33.6 Å². The van der Waals surface area contributed by atoms with Crippen LogP contribution >= 0.6 is 0 Å². The van der Waals surface area contributed by atoms with E-state index in [1.807, 2.05) is 37.3 Å². The largest absolute Gasteiger partial charge is 0.383 e. The van der Waals surface area contributed by atoms with E-state index in [4.69, 9.17) is 5.73 Å². The number of anilines is 2. The Morgan fingerprint density at radius 3 is 1.89 bits per heavy atom. The molecule has 1 aromatic heterocycles. The fraction of sp³-hybridized carbons (Fsp3) is 0.138. The van der Waals surface area contributed by atoms with Gasteiger partial charge in [-0.1, -0.05) is 79.7 Å². The molecule has 0 saturated heterocycles. The third-order valence-electron chi connectivity index (χ3n) is 6.00. The van der Waals surface area contributed by atoms with Crippen LogP contribution in [0.2, 0.25) is 0 Å². The van der Waals surface area contributed by atoms with Crippen LogP contribution in [0.5, 0.6) is 0 Å². The molecule has 0 radical (unpaired) electrons. The number of Topliss-reactive ketones (excluding diaryl/α,β-unsaturated/α-hetero) is 2. The second kappa shape index (κ2) is 11.3. The summed E-state index contributed by atoms with van der Waals surface area (Å²) < 4.78 is 1.21. The fourth-order valence-corrected chi connectivity index (χ4v) is 4.07. The monoisotopic (exact) mass is 510 g/mol. The zero-order valence-electron chi connectivity index (χ0n) is 20.7. The number of amides is 1. The molecule has 3 N–H and O–H groups in total. The van der Waals surface area contributed by atoms with Gasteiger partial charge in [-0.05, 0) is 24.1 Å². The molecule has 9 heteroatoms. The highest BCUT2D eigenvalue weighted by atomic mass is 16.2. The molecule has 4 aromatic rings. The van der Waals surface area contributed by atoms with Gasteiger partial charge in [0.05, 0.1) is 6.54 Å². The molecular formula is C29H26N4O5. The van der Waals surface area contributed by atoms with Crippen molar-refractivity contribution in [1.82, 2.24) is 9.55 Å². The number of nitrogens with two attached hydrogens (primary N) is 1. The van der Waals surface area contributed by atoms with Crippen LogP contribution in [0, 0.1) is 0 Å². The minimum atomic E-state index is -0.779. The van der Waals surface area contributed by atoms with Crippen molar-refractivity contribution in [2.24, 2.45) is 0 Å². The molecule has 1 heterocycles. The quantitative estimate of drug-likeness (QED) is 0.262. The maximum Gasteiger partial charge on any atom is 0.330 e. The number of H-pyrrole nitrogens is 1. The van der Waals surface area contributed by atoms with E-state index in [1.54, 1.807) is 30.3 Å². The Hall–Kier alpha value is -5.05. The standard InChI is InChI=1S/C29H26N4O5/c1-2-17-32(23-26(30)33(29(38)31-27(23)36)18-19-9-5-3-6-10-19)28(37)22-15-13-21(14-16-22)25(35)24(34)20-11-7-4-8-12-20/h3-16H,2,17-18,30H2,1H3,(H,31,36,38). The second-order valence-electron chi connectivity index (χ2n) is 8.62. The minimum absolute atomic E-state index is 0.107. The third kappa shape index (κ3) is 5.36. The normalized spacial score (nSPS) is 10.7. The number of rotatable bonds is 9. The number of hydrogen-bond acceptors (Lipinski definition) is 6. The summed E-state index contributed by atoms with van der Waals surface area (Å²) in [5.74, 6) is -2.03.